The Morgan fingerprint density at radius 1 is 1.04 bits per heavy atom. The molecule has 0 saturated heterocycles. The van der Waals surface area contributed by atoms with E-state index >= 15 is 0 Å². The third-order valence-corrected chi connectivity index (χ3v) is 5.00. The summed E-state index contributed by atoms with van der Waals surface area (Å²) in [5.41, 5.74) is 0.559. The molecule has 1 aliphatic rings. The van der Waals surface area contributed by atoms with Crippen molar-refractivity contribution in [1.82, 2.24) is 4.90 Å². The number of nitrogens with zero attached hydrogens (tertiary/aromatic N) is 1. The Morgan fingerprint density at radius 2 is 1.54 bits per heavy atom. The van der Waals surface area contributed by atoms with E-state index in [0.717, 1.165) is 31.5 Å². The van der Waals surface area contributed by atoms with E-state index in [1.807, 2.05) is 12.1 Å². The molecule has 2 unspecified atom stereocenters. The van der Waals surface area contributed by atoms with Crippen LogP contribution in [0.4, 0.5) is 5.69 Å². The number of ether oxygens (including phenoxy) is 1. The summed E-state index contributed by atoms with van der Waals surface area (Å²) < 4.78 is 57.0. The number of hydrogen-bond donors (Lipinski definition) is 2. The second-order valence-electron chi connectivity index (χ2n) is 6.86. The van der Waals surface area contributed by atoms with E-state index in [1.165, 1.54) is 19.3 Å². The molecule has 2 rings (SSSR count). The third-order valence-electron chi connectivity index (χ3n) is 4.39. The molecule has 162 valence electrons. The molecular weight excluding hydrogens is 404 g/mol. The monoisotopic (exact) mass is 436 g/mol. The van der Waals surface area contributed by atoms with Gasteiger partial charge in [0, 0.05) is 11.7 Å². The molecule has 8 nitrogen and oxygen atoms in total. The summed E-state index contributed by atoms with van der Waals surface area (Å²) in [4.78, 5) is 2.48. The van der Waals surface area contributed by atoms with Gasteiger partial charge in [0.1, 0.15) is 11.9 Å². The van der Waals surface area contributed by atoms with Crippen molar-refractivity contribution in [2.75, 3.05) is 30.3 Å². The van der Waals surface area contributed by atoms with Crippen LogP contribution in [0.3, 0.4) is 0 Å². The number of nitrogens with one attached hydrogen (secondary N) is 1. The zero-order valence-corrected chi connectivity index (χ0v) is 18.6. The molecule has 1 aliphatic carbocycles. The molecule has 0 spiro atoms. The van der Waals surface area contributed by atoms with Crippen molar-refractivity contribution < 1.29 is 26.1 Å². The van der Waals surface area contributed by atoms with Gasteiger partial charge in [0.05, 0.1) is 12.5 Å². The normalized spacial score (nSPS) is 20.2. The van der Waals surface area contributed by atoms with E-state index < -0.39 is 20.1 Å². The van der Waals surface area contributed by atoms with Crippen LogP contribution in [0.25, 0.3) is 0 Å². The molecule has 0 radical (unpaired) electrons. The summed E-state index contributed by atoms with van der Waals surface area (Å²) in [7, 11) is -6.91. The molecule has 1 aromatic carbocycles. The second-order valence-corrected chi connectivity index (χ2v) is 10.1. The molecule has 0 aromatic heterocycles. The van der Waals surface area contributed by atoms with Gasteiger partial charge in [-0.05, 0) is 56.6 Å². The molecule has 0 amide bonds. The molecule has 2 N–H and O–H groups in total. The van der Waals surface area contributed by atoms with Crippen molar-refractivity contribution in [2.24, 2.45) is 0 Å². The van der Waals surface area contributed by atoms with Crippen LogP contribution in [0.2, 0.25) is 0 Å². The van der Waals surface area contributed by atoms with E-state index in [-0.39, 0.29) is 6.10 Å². The van der Waals surface area contributed by atoms with Crippen LogP contribution < -0.4 is 9.46 Å². The summed E-state index contributed by atoms with van der Waals surface area (Å²) >= 11 is 0. The highest BCUT2D eigenvalue weighted by molar-refractivity contribution is 7.92. The fraction of sp³-hybridized carbons (Fsp3) is 0.667. The molecule has 0 heterocycles. The Balaban J connectivity index is 0.000000696. The fourth-order valence-electron chi connectivity index (χ4n) is 3.32. The lowest BCUT2D eigenvalue weighted by Gasteiger charge is -2.39. The first-order chi connectivity index (χ1) is 12.9. The van der Waals surface area contributed by atoms with Gasteiger partial charge in [0.15, 0.2) is 0 Å². The third kappa shape index (κ3) is 10.3. The Bertz CT molecular complexity index is 782. The van der Waals surface area contributed by atoms with Crippen LogP contribution >= 0.6 is 0 Å². The van der Waals surface area contributed by atoms with Gasteiger partial charge in [0.25, 0.3) is 10.1 Å². The van der Waals surface area contributed by atoms with E-state index in [9.17, 15) is 16.8 Å². The summed E-state index contributed by atoms with van der Waals surface area (Å²) in [6, 6.07) is 7.62. The lowest BCUT2D eigenvalue weighted by molar-refractivity contribution is 0.0413. The lowest BCUT2D eigenvalue weighted by Crippen LogP contribution is -2.47. The van der Waals surface area contributed by atoms with Crippen molar-refractivity contribution >= 4 is 25.8 Å². The molecule has 1 aromatic rings. The van der Waals surface area contributed by atoms with E-state index in [2.05, 4.69) is 23.5 Å². The predicted octanol–water partition coefficient (Wildman–Crippen LogP) is 2.59. The number of anilines is 1. The first-order valence-electron chi connectivity index (χ1n) is 9.34. The number of likely N-dealkylation sites (N-methyl/N-ethyl adjacent to an activating group) is 1. The van der Waals surface area contributed by atoms with Crippen molar-refractivity contribution in [2.45, 2.75) is 51.7 Å². The Kier molecular flexibility index (Phi) is 9.68. The fourth-order valence-corrected chi connectivity index (χ4v) is 3.88. The smallest absolute Gasteiger partial charge is 0.261 e. The minimum atomic E-state index is -3.67. The van der Waals surface area contributed by atoms with E-state index in [4.69, 9.17) is 9.29 Å². The minimum absolute atomic E-state index is 0.206. The Morgan fingerprint density at radius 3 is 2.00 bits per heavy atom. The Labute approximate surface area is 169 Å². The average Bonchev–Trinajstić information content (AvgIpc) is 2.56. The van der Waals surface area contributed by atoms with Gasteiger partial charge < -0.3 is 4.74 Å². The summed E-state index contributed by atoms with van der Waals surface area (Å²) in [5.74, 6) is 0.799. The molecule has 0 aliphatic heterocycles. The highest BCUT2D eigenvalue weighted by Crippen LogP contribution is 2.28. The van der Waals surface area contributed by atoms with E-state index in [1.54, 1.807) is 12.1 Å². The first kappa shape index (κ1) is 24.7. The van der Waals surface area contributed by atoms with Crippen LogP contribution in [0.1, 0.15) is 39.5 Å². The molecule has 1 fully saturated rings. The minimum Gasteiger partial charge on any atom is -0.489 e. The molecule has 1 saturated carbocycles. The maximum absolute atomic E-state index is 11.2. The van der Waals surface area contributed by atoms with Gasteiger partial charge in [-0.15, -0.1) is 0 Å². The standard InChI is InChI=1S/C17H28N2O3S.CH4O3S/c1-4-19(5-2)16-8-6-7-9-17(16)22-15-12-10-14(11-13-15)18-23(3,20)21;1-5(2,3)4/h10-13,16-18H,4-9H2,1-3H3;1H3,(H,2,3,4). The SMILES string of the molecule is CCN(CC)C1CCCCC1Oc1ccc(NS(C)(=O)=O)cc1.CS(=O)(=O)O. The maximum Gasteiger partial charge on any atom is 0.261 e. The van der Waals surface area contributed by atoms with Crippen molar-refractivity contribution in [3.8, 4) is 5.75 Å². The number of benzene rings is 1. The number of sulfonamides is 1. The predicted molar refractivity (Wildman–Crippen MR) is 112 cm³/mol. The summed E-state index contributed by atoms with van der Waals surface area (Å²) in [6.45, 7) is 6.47. The van der Waals surface area contributed by atoms with Gasteiger partial charge in [-0.1, -0.05) is 20.3 Å². The molecule has 28 heavy (non-hydrogen) atoms. The van der Waals surface area contributed by atoms with Crippen LogP contribution in [-0.4, -0.2) is 64.0 Å². The molecule has 2 atom stereocenters. The molecule has 0 bridgehead atoms. The van der Waals surface area contributed by atoms with Gasteiger partial charge >= 0.3 is 0 Å². The summed E-state index contributed by atoms with van der Waals surface area (Å²) in [6.07, 6.45) is 6.79. The highest BCUT2D eigenvalue weighted by Gasteiger charge is 2.30. The topological polar surface area (TPSA) is 113 Å². The van der Waals surface area contributed by atoms with Crippen molar-refractivity contribution in [3.05, 3.63) is 24.3 Å². The van der Waals surface area contributed by atoms with Crippen LogP contribution in [0.15, 0.2) is 24.3 Å². The largest absolute Gasteiger partial charge is 0.489 e. The van der Waals surface area contributed by atoms with E-state index in [0.29, 0.717) is 18.0 Å². The summed E-state index contributed by atoms with van der Waals surface area (Å²) in [5, 5.41) is 0. The lowest BCUT2D eigenvalue weighted by atomic mass is 9.91. The quantitative estimate of drug-likeness (QED) is 0.632. The van der Waals surface area contributed by atoms with Gasteiger partial charge in [-0.25, -0.2) is 8.42 Å². The van der Waals surface area contributed by atoms with Gasteiger partial charge in [-0.3, -0.25) is 14.2 Å². The second kappa shape index (κ2) is 11.0. The zero-order chi connectivity index (χ0) is 21.4. The molecular formula is C18H32N2O6S2. The first-order valence-corrected chi connectivity index (χ1v) is 13.1. The number of rotatable bonds is 7. The van der Waals surface area contributed by atoms with Crippen LogP contribution in [0.5, 0.6) is 5.75 Å². The van der Waals surface area contributed by atoms with Crippen LogP contribution in [-0.2, 0) is 20.1 Å². The highest BCUT2D eigenvalue weighted by atomic mass is 32.2. The average molecular weight is 437 g/mol. The number of hydrogen-bond acceptors (Lipinski definition) is 6. The van der Waals surface area contributed by atoms with Crippen molar-refractivity contribution in [3.63, 3.8) is 0 Å². The molecule has 10 heteroatoms. The van der Waals surface area contributed by atoms with Crippen LogP contribution in [0, 0.1) is 0 Å². The Hall–Kier alpha value is -1.36. The van der Waals surface area contributed by atoms with Crippen molar-refractivity contribution in [1.29, 1.82) is 0 Å². The van der Waals surface area contributed by atoms with Gasteiger partial charge in [0.2, 0.25) is 10.0 Å². The maximum atomic E-state index is 11.2. The zero-order valence-electron chi connectivity index (χ0n) is 17.0. The van der Waals surface area contributed by atoms with Gasteiger partial charge in [-0.2, -0.15) is 8.42 Å².